The van der Waals surface area contributed by atoms with Crippen LogP contribution in [0.3, 0.4) is 0 Å². The lowest BCUT2D eigenvalue weighted by molar-refractivity contribution is 0.0966. The number of aliphatic hydroxyl groups is 1. The van der Waals surface area contributed by atoms with Crippen LogP contribution in [0.15, 0.2) is 34.2 Å². The molecule has 1 atom stereocenters. The average Bonchev–Trinajstić information content (AvgIpc) is 3.09. The SMILES string of the molecule is CC(C)=NNc1nccc(OCC(O)CNC(C)(C)Cc2ccsc2)n1. The van der Waals surface area contributed by atoms with Crippen molar-refractivity contribution in [2.75, 3.05) is 18.6 Å². The zero-order chi connectivity index (χ0) is 19.0. The number of nitrogens with zero attached hydrogens (tertiary/aromatic N) is 3. The summed E-state index contributed by atoms with van der Waals surface area (Å²) in [4.78, 5) is 8.25. The molecule has 2 aromatic heterocycles. The van der Waals surface area contributed by atoms with Gasteiger partial charge in [0.05, 0.1) is 0 Å². The molecule has 142 valence electrons. The lowest BCUT2D eigenvalue weighted by Gasteiger charge is -2.27. The van der Waals surface area contributed by atoms with Gasteiger partial charge in [0.1, 0.15) is 12.7 Å². The minimum Gasteiger partial charge on any atom is -0.475 e. The van der Waals surface area contributed by atoms with Crippen LogP contribution in [0.5, 0.6) is 5.88 Å². The summed E-state index contributed by atoms with van der Waals surface area (Å²) in [6.07, 6.45) is 1.85. The molecule has 2 aromatic rings. The van der Waals surface area contributed by atoms with Crippen LogP contribution in [0.4, 0.5) is 5.95 Å². The van der Waals surface area contributed by atoms with E-state index in [0.717, 1.165) is 12.1 Å². The fourth-order valence-electron chi connectivity index (χ4n) is 2.24. The number of hydrazone groups is 1. The number of hydrogen-bond donors (Lipinski definition) is 3. The number of thiophene rings is 1. The maximum Gasteiger partial charge on any atom is 0.246 e. The Balaban J connectivity index is 1.76. The Labute approximate surface area is 158 Å². The fourth-order valence-corrected chi connectivity index (χ4v) is 2.91. The summed E-state index contributed by atoms with van der Waals surface area (Å²) in [5.74, 6) is 0.747. The van der Waals surface area contributed by atoms with Crippen LogP contribution >= 0.6 is 11.3 Å². The van der Waals surface area contributed by atoms with Gasteiger partial charge in [-0.3, -0.25) is 0 Å². The van der Waals surface area contributed by atoms with Crippen molar-refractivity contribution in [3.8, 4) is 5.88 Å². The first-order valence-corrected chi connectivity index (χ1v) is 9.45. The predicted octanol–water partition coefficient (Wildman–Crippen LogP) is 2.70. The lowest BCUT2D eigenvalue weighted by atomic mass is 9.96. The van der Waals surface area contributed by atoms with Gasteiger partial charge >= 0.3 is 0 Å². The molecule has 0 aliphatic heterocycles. The average molecular weight is 378 g/mol. The molecule has 0 aliphatic carbocycles. The van der Waals surface area contributed by atoms with Crippen LogP contribution in [-0.2, 0) is 6.42 Å². The molecular weight excluding hydrogens is 350 g/mol. The summed E-state index contributed by atoms with van der Waals surface area (Å²) in [6.45, 7) is 8.57. The van der Waals surface area contributed by atoms with Crippen LogP contribution in [0, 0.1) is 0 Å². The van der Waals surface area contributed by atoms with Gasteiger partial charge < -0.3 is 15.2 Å². The quantitative estimate of drug-likeness (QED) is 0.436. The summed E-state index contributed by atoms with van der Waals surface area (Å²) in [5, 5.41) is 21.8. The van der Waals surface area contributed by atoms with E-state index < -0.39 is 6.10 Å². The minimum atomic E-state index is -0.640. The number of anilines is 1. The first kappa shape index (κ1) is 20.3. The monoisotopic (exact) mass is 377 g/mol. The Morgan fingerprint density at radius 3 is 2.88 bits per heavy atom. The first-order valence-electron chi connectivity index (χ1n) is 8.51. The predicted molar refractivity (Wildman–Crippen MR) is 106 cm³/mol. The van der Waals surface area contributed by atoms with E-state index in [9.17, 15) is 5.11 Å². The van der Waals surface area contributed by atoms with Gasteiger partial charge in [0.25, 0.3) is 0 Å². The third-order valence-corrected chi connectivity index (χ3v) is 4.21. The van der Waals surface area contributed by atoms with Gasteiger partial charge in [0, 0.05) is 30.1 Å². The van der Waals surface area contributed by atoms with Crippen molar-refractivity contribution in [1.82, 2.24) is 15.3 Å². The number of hydrogen-bond acceptors (Lipinski definition) is 8. The van der Waals surface area contributed by atoms with Gasteiger partial charge in [-0.05, 0) is 56.5 Å². The third kappa shape index (κ3) is 7.47. The van der Waals surface area contributed by atoms with Gasteiger partial charge in [-0.2, -0.15) is 21.4 Å². The number of nitrogens with one attached hydrogen (secondary N) is 2. The lowest BCUT2D eigenvalue weighted by Crippen LogP contribution is -2.46. The minimum absolute atomic E-state index is 0.107. The Bertz CT molecular complexity index is 699. The highest BCUT2D eigenvalue weighted by Crippen LogP contribution is 2.15. The van der Waals surface area contributed by atoms with E-state index in [-0.39, 0.29) is 12.1 Å². The molecule has 0 aromatic carbocycles. The second-order valence-electron chi connectivity index (χ2n) is 6.93. The molecule has 0 radical (unpaired) electrons. The Morgan fingerprint density at radius 1 is 1.38 bits per heavy atom. The summed E-state index contributed by atoms with van der Waals surface area (Å²) in [5.41, 5.74) is 4.81. The van der Waals surface area contributed by atoms with Gasteiger partial charge in [0.2, 0.25) is 11.8 Å². The molecule has 0 amide bonds. The molecule has 0 spiro atoms. The molecule has 26 heavy (non-hydrogen) atoms. The second kappa shape index (κ2) is 9.61. The van der Waals surface area contributed by atoms with Crippen molar-refractivity contribution in [2.45, 2.75) is 45.8 Å². The van der Waals surface area contributed by atoms with Crippen LogP contribution in [-0.4, -0.2) is 45.6 Å². The molecular formula is C18H27N5O2S. The normalized spacial score (nSPS) is 12.5. The van der Waals surface area contributed by atoms with Crippen molar-refractivity contribution in [2.24, 2.45) is 5.10 Å². The summed E-state index contributed by atoms with van der Waals surface area (Å²) in [7, 11) is 0. The highest BCUT2D eigenvalue weighted by molar-refractivity contribution is 7.07. The van der Waals surface area contributed by atoms with Gasteiger partial charge in [-0.1, -0.05) is 0 Å². The number of β-amino-alcohol motifs (C(OH)–C–C–N with tert-alkyl or cyclic N) is 1. The number of aromatic nitrogens is 2. The van der Waals surface area contributed by atoms with Crippen LogP contribution < -0.4 is 15.5 Å². The van der Waals surface area contributed by atoms with E-state index >= 15 is 0 Å². The number of aliphatic hydroxyl groups excluding tert-OH is 1. The van der Waals surface area contributed by atoms with Crippen molar-refractivity contribution in [3.05, 3.63) is 34.7 Å². The summed E-state index contributed by atoms with van der Waals surface area (Å²) in [6, 6.07) is 3.77. The van der Waals surface area contributed by atoms with Crippen LogP contribution in [0.2, 0.25) is 0 Å². The van der Waals surface area contributed by atoms with E-state index in [1.165, 1.54) is 5.56 Å². The van der Waals surface area contributed by atoms with Crippen molar-refractivity contribution in [1.29, 1.82) is 0 Å². The molecule has 2 rings (SSSR count). The van der Waals surface area contributed by atoms with E-state index in [4.69, 9.17) is 4.74 Å². The molecule has 1 unspecified atom stereocenters. The molecule has 0 saturated carbocycles. The maximum atomic E-state index is 10.2. The van der Waals surface area contributed by atoms with Crippen molar-refractivity contribution < 1.29 is 9.84 Å². The van der Waals surface area contributed by atoms with Crippen molar-refractivity contribution >= 4 is 23.0 Å². The molecule has 0 bridgehead atoms. The number of rotatable bonds is 10. The largest absolute Gasteiger partial charge is 0.475 e. The Kier molecular flexibility index (Phi) is 7.50. The van der Waals surface area contributed by atoms with Gasteiger partial charge in [0.15, 0.2) is 0 Å². The first-order chi connectivity index (χ1) is 12.3. The standard InChI is InChI=1S/C18H27N5O2S/c1-13(2)22-23-17-19-7-5-16(21-17)25-11-15(24)10-20-18(3,4)9-14-6-8-26-12-14/h5-8,12,15,20,24H,9-11H2,1-4H3,(H,19,21,23). The fraction of sp³-hybridized carbons (Fsp3) is 0.500. The maximum absolute atomic E-state index is 10.2. The summed E-state index contributed by atoms with van der Waals surface area (Å²) < 4.78 is 5.56. The zero-order valence-electron chi connectivity index (χ0n) is 15.7. The van der Waals surface area contributed by atoms with Crippen LogP contribution in [0.1, 0.15) is 33.3 Å². The van der Waals surface area contributed by atoms with Crippen molar-refractivity contribution in [3.63, 3.8) is 0 Å². The molecule has 8 heteroatoms. The smallest absolute Gasteiger partial charge is 0.246 e. The highest BCUT2D eigenvalue weighted by Gasteiger charge is 2.19. The molecule has 0 saturated heterocycles. The molecule has 3 N–H and O–H groups in total. The van der Waals surface area contributed by atoms with E-state index in [2.05, 4.69) is 56.5 Å². The topological polar surface area (TPSA) is 91.7 Å². The zero-order valence-corrected chi connectivity index (χ0v) is 16.5. The molecule has 2 heterocycles. The Morgan fingerprint density at radius 2 is 2.19 bits per heavy atom. The van der Waals surface area contributed by atoms with Gasteiger partial charge in [-0.25, -0.2) is 10.4 Å². The molecule has 7 nitrogen and oxygen atoms in total. The van der Waals surface area contributed by atoms with E-state index in [1.807, 2.05) is 13.8 Å². The van der Waals surface area contributed by atoms with Gasteiger partial charge in [-0.15, -0.1) is 0 Å². The van der Waals surface area contributed by atoms with E-state index in [0.29, 0.717) is 18.4 Å². The molecule has 0 aliphatic rings. The Hall–Kier alpha value is -2.03. The second-order valence-corrected chi connectivity index (χ2v) is 7.71. The number of ether oxygens (including phenoxy) is 1. The van der Waals surface area contributed by atoms with Crippen LogP contribution in [0.25, 0.3) is 0 Å². The highest BCUT2D eigenvalue weighted by atomic mass is 32.1. The third-order valence-electron chi connectivity index (χ3n) is 3.48. The van der Waals surface area contributed by atoms with E-state index in [1.54, 1.807) is 23.6 Å². The molecule has 0 fully saturated rings. The summed E-state index contributed by atoms with van der Waals surface area (Å²) >= 11 is 1.69.